The fourth-order valence-corrected chi connectivity index (χ4v) is 3.38. The standard InChI is InChI=1S/C10H11NO2.C9H10N2O3.C7H10N2O/c1-11-6-7-3-4-8(13-2)5-9(7)10(11)12;1-3-6-4-5-7(14-6)8(12)11-9(13)10-2;1-4(8)7-5(2)9-10-6(7)3/h3-5H,6H2,1-2H3;3-5H,1H2,2H3,(H2,10,11,12,13);8H,1-3H3. The van der Waals surface area contributed by atoms with E-state index in [2.05, 4.69) is 22.4 Å². The molecular weight excluding hydrogens is 478 g/mol. The number of carbonyl (C=O) groups excluding carboxylic acids is 3. The van der Waals surface area contributed by atoms with Crippen LogP contribution in [0.3, 0.4) is 0 Å². The van der Waals surface area contributed by atoms with Crippen LogP contribution in [0.2, 0.25) is 0 Å². The Morgan fingerprint density at radius 3 is 2.43 bits per heavy atom. The van der Waals surface area contributed by atoms with Gasteiger partial charge in [0.15, 0.2) is 5.76 Å². The van der Waals surface area contributed by atoms with Crippen molar-refractivity contribution in [2.75, 3.05) is 21.2 Å². The number of rotatable bonds is 4. The van der Waals surface area contributed by atoms with E-state index in [1.165, 1.54) is 19.2 Å². The van der Waals surface area contributed by atoms with Gasteiger partial charge < -0.3 is 29.3 Å². The molecule has 2 aromatic heterocycles. The largest absolute Gasteiger partial charge is 0.497 e. The Kier molecular flexibility index (Phi) is 9.93. The molecule has 0 saturated carbocycles. The number of carbonyl (C=O) groups is 3. The number of ether oxygens (including phenoxy) is 1. The molecule has 37 heavy (non-hydrogen) atoms. The fraction of sp³-hybridized carbons (Fsp3) is 0.269. The molecule has 1 aliphatic rings. The number of benzene rings is 1. The number of nitrogens with one attached hydrogen (secondary N) is 3. The Morgan fingerprint density at radius 2 is 1.95 bits per heavy atom. The summed E-state index contributed by atoms with van der Waals surface area (Å²) in [6.45, 7) is 9.56. The molecule has 4 amide bonds. The number of hydrogen-bond donors (Lipinski definition) is 3. The number of aryl methyl sites for hydroxylation is 2. The summed E-state index contributed by atoms with van der Waals surface area (Å²) in [5.41, 5.74) is 3.98. The number of fused-ring (bicyclic) bond motifs is 1. The van der Waals surface area contributed by atoms with Crippen molar-refractivity contribution < 1.29 is 28.1 Å². The molecule has 0 unspecified atom stereocenters. The summed E-state index contributed by atoms with van der Waals surface area (Å²) in [4.78, 5) is 35.2. The lowest BCUT2D eigenvalue weighted by atomic mass is 10.1. The Hall–Kier alpha value is -4.67. The van der Waals surface area contributed by atoms with Gasteiger partial charge in [-0.1, -0.05) is 17.8 Å². The number of amides is 4. The van der Waals surface area contributed by atoms with Crippen LogP contribution in [0.1, 0.15) is 56.2 Å². The van der Waals surface area contributed by atoms with E-state index in [-0.39, 0.29) is 11.7 Å². The first-order valence-electron chi connectivity index (χ1n) is 11.2. The first-order chi connectivity index (χ1) is 17.5. The van der Waals surface area contributed by atoms with Crippen LogP contribution >= 0.6 is 0 Å². The van der Waals surface area contributed by atoms with Crippen molar-refractivity contribution in [2.24, 2.45) is 0 Å². The van der Waals surface area contributed by atoms with Gasteiger partial charge in [-0.15, -0.1) is 0 Å². The van der Waals surface area contributed by atoms with E-state index in [4.69, 9.17) is 19.1 Å². The van der Waals surface area contributed by atoms with Crippen molar-refractivity contribution in [2.45, 2.75) is 27.3 Å². The van der Waals surface area contributed by atoms with E-state index in [1.54, 1.807) is 38.1 Å². The van der Waals surface area contributed by atoms with Crippen LogP contribution in [0.5, 0.6) is 5.75 Å². The molecule has 3 heterocycles. The molecule has 11 nitrogen and oxygen atoms in total. The van der Waals surface area contributed by atoms with Gasteiger partial charge in [-0.3, -0.25) is 14.9 Å². The monoisotopic (exact) mass is 509 g/mol. The second kappa shape index (κ2) is 12.9. The third-order valence-corrected chi connectivity index (χ3v) is 5.22. The highest BCUT2D eigenvalue weighted by Crippen LogP contribution is 2.25. The van der Waals surface area contributed by atoms with Gasteiger partial charge >= 0.3 is 6.03 Å². The number of nitrogens with zero attached hydrogens (tertiary/aromatic N) is 2. The predicted molar refractivity (Wildman–Crippen MR) is 138 cm³/mol. The van der Waals surface area contributed by atoms with E-state index in [9.17, 15) is 14.4 Å². The average molecular weight is 510 g/mol. The molecule has 0 spiro atoms. The van der Waals surface area contributed by atoms with Crippen LogP contribution < -0.4 is 15.4 Å². The Morgan fingerprint density at radius 1 is 1.24 bits per heavy atom. The van der Waals surface area contributed by atoms with Gasteiger partial charge in [0.05, 0.1) is 18.4 Å². The van der Waals surface area contributed by atoms with E-state index < -0.39 is 11.9 Å². The van der Waals surface area contributed by atoms with Crippen molar-refractivity contribution in [3.8, 4) is 5.75 Å². The predicted octanol–water partition coefficient (Wildman–Crippen LogP) is 3.95. The molecule has 196 valence electrons. The molecule has 3 N–H and O–H groups in total. The minimum Gasteiger partial charge on any atom is -0.497 e. The number of methoxy groups -OCH3 is 1. The van der Waals surface area contributed by atoms with Crippen molar-refractivity contribution >= 4 is 29.6 Å². The summed E-state index contributed by atoms with van der Waals surface area (Å²) < 4.78 is 14.9. The van der Waals surface area contributed by atoms with Gasteiger partial charge in [-0.2, -0.15) is 0 Å². The smallest absolute Gasteiger partial charge is 0.321 e. The summed E-state index contributed by atoms with van der Waals surface area (Å²) in [6.07, 6.45) is 1.47. The van der Waals surface area contributed by atoms with Gasteiger partial charge in [0.2, 0.25) is 0 Å². The number of hydrogen-bond acceptors (Lipinski definition) is 8. The summed E-state index contributed by atoms with van der Waals surface area (Å²) in [5, 5.41) is 15.4. The highest BCUT2D eigenvalue weighted by molar-refractivity contribution is 6.02. The molecule has 11 heteroatoms. The van der Waals surface area contributed by atoms with Crippen LogP contribution in [0.25, 0.3) is 6.08 Å². The molecule has 0 aliphatic carbocycles. The lowest BCUT2D eigenvalue weighted by molar-refractivity contribution is 0.0815. The fourth-order valence-electron chi connectivity index (χ4n) is 3.38. The molecule has 0 radical (unpaired) electrons. The summed E-state index contributed by atoms with van der Waals surface area (Å²) in [6, 6.07) is 8.09. The van der Waals surface area contributed by atoms with Crippen LogP contribution in [0, 0.1) is 19.3 Å². The topological polar surface area (TPSA) is 151 Å². The molecule has 0 saturated heterocycles. The highest BCUT2D eigenvalue weighted by Gasteiger charge is 2.24. The van der Waals surface area contributed by atoms with Crippen molar-refractivity contribution in [3.05, 3.63) is 76.6 Å². The van der Waals surface area contributed by atoms with Crippen LogP contribution in [0.15, 0.2) is 45.9 Å². The highest BCUT2D eigenvalue weighted by atomic mass is 16.5. The zero-order valence-electron chi connectivity index (χ0n) is 21.7. The molecule has 0 fully saturated rings. The number of aromatic nitrogens is 1. The first kappa shape index (κ1) is 28.6. The number of urea groups is 1. The lowest BCUT2D eigenvalue weighted by Crippen LogP contribution is -2.37. The van der Waals surface area contributed by atoms with Crippen molar-refractivity contribution in [3.63, 3.8) is 0 Å². The molecular formula is C26H31N5O6. The average Bonchev–Trinajstić information content (AvgIpc) is 3.57. The first-order valence-corrected chi connectivity index (χ1v) is 11.2. The molecule has 1 aromatic carbocycles. The number of imide groups is 1. The maximum absolute atomic E-state index is 11.5. The van der Waals surface area contributed by atoms with Gasteiger partial charge in [-0.25, -0.2) is 4.79 Å². The third-order valence-electron chi connectivity index (χ3n) is 5.22. The Balaban J connectivity index is 0.000000198. The van der Waals surface area contributed by atoms with Gasteiger partial charge in [0, 0.05) is 31.9 Å². The van der Waals surface area contributed by atoms with Crippen LogP contribution in [0.4, 0.5) is 4.79 Å². The third kappa shape index (κ3) is 7.40. The van der Waals surface area contributed by atoms with E-state index in [0.29, 0.717) is 18.0 Å². The van der Waals surface area contributed by atoms with E-state index >= 15 is 0 Å². The normalized spacial score (nSPS) is 11.3. The van der Waals surface area contributed by atoms with Crippen molar-refractivity contribution in [1.29, 1.82) is 5.41 Å². The van der Waals surface area contributed by atoms with E-state index in [1.807, 2.05) is 26.0 Å². The van der Waals surface area contributed by atoms with Gasteiger partial charge in [-0.05, 0) is 56.7 Å². The molecule has 3 aromatic rings. The molecule has 4 rings (SSSR count). The van der Waals surface area contributed by atoms with Crippen molar-refractivity contribution in [1.82, 2.24) is 20.7 Å². The second-order valence-corrected chi connectivity index (χ2v) is 7.95. The minimum absolute atomic E-state index is 0.0727. The zero-order chi connectivity index (χ0) is 27.7. The lowest BCUT2D eigenvalue weighted by Gasteiger charge is -2.04. The summed E-state index contributed by atoms with van der Waals surface area (Å²) in [5.74, 6) is 1.51. The number of furan rings is 1. The van der Waals surface area contributed by atoms with Crippen LogP contribution in [-0.4, -0.2) is 54.8 Å². The summed E-state index contributed by atoms with van der Waals surface area (Å²) >= 11 is 0. The maximum Gasteiger partial charge on any atom is 0.321 e. The summed E-state index contributed by atoms with van der Waals surface area (Å²) in [7, 11) is 4.82. The second-order valence-electron chi connectivity index (χ2n) is 7.95. The quantitative estimate of drug-likeness (QED) is 0.451. The minimum atomic E-state index is -0.586. The van der Waals surface area contributed by atoms with Gasteiger partial charge in [0.25, 0.3) is 11.8 Å². The Bertz CT molecular complexity index is 1290. The zero-order valence-corrected chi connectivity index (χ0v) is 21.7. The molecule has 0 atom stereocenters. The SMILES string of the molecule is C=Cc1ccc(C(=O)NC(=O)NC)o1.CC(=N)c1c(C)noc1C.COc1ccc2c(c1)C(=O)N(C)C2. The van der Waals surface area contributed by atoms with E-state index in [0.717, 1.165) is 33.9 Å². The van der Waals surface area contributed by atoms with Crippen LogP contribution in [-0.2, 0) is 6.54 Å². The van der Waals surface area contributed by atoms with Gasteiger partial charge in [0.1, 0.15) is 17.3 Å². The maximum atomic E-state index is 11.5. The molecule has 1 aliphatic heterocycles. The Labute approximate surface area is 215 Å². The molecule has 0 bridgehead atoms.